The summed E-state index contributed by atoms with van der Waals surface area (Å²) in [7, 11) is 0. The first-order valence-corrected chi connectivity index (χ1v) is 9.19. The number of hydrogen-bond acceptors (Lipinski definition) is 4. The van der Waals surface area contributed by atoms with Crippen molar-refractivity contribution in [3.8, 4) is 5.69 Å². The van der Waals surface area contributed by atoms with Crippen molar-refractivity contribution >= 4 is 40.7 Å². The minimum absolute atomic E-state index is 0.174. The van der Waals surface area contributed by atoms with Crippen LogP contribution in [0, 0.1) is 0 Å². The topological polar surface area (TPSA) is 96.8 Å². The number of aromatic amines is 1. The van der Waals surface area contributed by atoms with E-state index in [1.54, 1.807) is 12.1 Å². The van der Waals surface area contributed by atoms with Crippen LogP contribution in [0.5, 0.6) is 0 Å². The van der Waals surface area contributed by atoms with Gasteiger partial charge in [-0.05, 0) is 42.3 Å². The third-order valence-corrected chi connectivity index (χ3v) is 4.90. The molecule has 0 atom stereocenters. The summed E-state index contributed by atoms with van der Waals surface area (Å²) in [6, 6.07) is 9.66. The van der Waals surface area contributed by atoms with Crippen LogP contribution in [0.3, 0.4) is 0 Å². The maximum Gasteiger partial charge on any atom is 0.349 e. The second kappa shape index (κ2) is 8.60. The van der Waals surface area contributed by atoms with Gasteiger partial charge in [0.2, 0.25) is 0 Å². The lowest BCUT2D eigenvalue weighted by atomic mass is 10.1. The van der Waals surface area contributed by atoms with Gasteiger partial charge in [0.05, 0.1) is 26.3 Å². The van der Waals surface area contributed by atoms with Crippen molar-refractivity contribution in [2.75, 3.05) is 6.54 Å². The Morgan fingerprint density at radius 1 is 1.04 bits per heavy atom. The van der Waals surface area contributed by atoms with E-state index in [2.05, 4.69) is 15.4 Å². The molecule has 0 aliphatic rings. The smallest absolute Gasteiger partial charge is 0.349 e. The van der Waals surface area contributed by atoms with E-state index in [1.807, 2.05) is 6.07 Å². The second-order valence-corrected chi connectivity index (χ2v) is 6.99. The molecule has 28 heavy (non-hydrogen) atoms. The minimum Gasteiger partial charge on any atom is -0.352 e. The molecular weight excluding hydrogens is 427 g/mol. The number of H-pyrrole nitrogens is 1. The molecule has 0 aliphatic carbocycles. The Morgan fingerprint density at radius 3 is 2.50 bits per heavy atom. The molecule has 144 valence electrons. The first kappa shape index (κ1) is 20.1. The summed E-state index contributed by atoms with van der Waals surface area (Å²) in [6.07, 6.45) is 1.51. The zero-order valence-electron chi connectivity index (χ0n) is 14.2. The van der Waals surface area contributed by atoms with E-state index in [-0.39, 0.29) is 10.6 Å². The van der Waals surface area contributed by atoms with E-state index in [4.69, 9.17) is 34.8 Å². The monoisotopic (exact) mass is 438 g/mol. The summed E-state index contributed by atoms with van der Waals surface area (Å²) in [5, 5.41) is 7.64. The van der Waals surface area contributed by atoms with E-state index in [0.29, 0.717) is 28.7 Å². The first-order valence-electron chi connectivity index (χ1n) is 8.06. The van der Waals surface area contributed by atoms with Gasteiger partial charge in [0, 0.05) is 6.54 Å². The lowest BCUT2D eigenvalue weighted by molar-refractivity contribution is 0.0954. The molecule has 0 spiro atoms. The average Bonchev–Trinajstić information content (AvgIpc) is 2.65. The van der Waals surface area contributed by atoms with Gasteiger partial charge in [-0.2, -0.15) is 9.78 Å². The van der Waals surface area contributed by atoms with Crippen LogP contribution in [0.15, 0.2) is 52.2 Å². The van der Waals surface area contributed by atoms with Crippen LogP contribution in [-0.2, 0) is 6.42 Å². The number of amides is 1. The summed E-state index contributed by atoms with van der Waals surface area (Å²) < 4.78 is 0.963. The van der Waals surface area contributed by atoms with E-state index in [1.165, 1.54) is 18.2 Å². The summed E-state index contributed by atoms with van der Waals surface area (Å²) in [5.74, 6) is -0.413. The molecule has 1 amide bonds. The van der Waals surface area contributed by atoms with Gasteiger partial charge in [0.15, 0.2) is 0 Å². The van der Waals surface area contributed by atoms with Crippen LogP contribution >= 0.6 is 34.8 Å². The number of halogens is 3. The molecule has 0 aliphatic heterocycles. The van der Waals surface area contributed by atoms with E-state index in [0.717, 1.165) is 16.4 Å². The average molecular weight is 440 g/mol. The van der Waals surface area contributed by atoms with Crippen molar-refractivity contribution in [1.82, 2.24) is 20.1 Å². The molecule has 2 aromatic carbocycles. The molecule has 1 aromatic heterocycles. The van der Waals surface area contributed by atoms with Crippen LogP contribution in [0.2, 0.25) is 15.1 Å². The highest BCUT2D eigenvalue weighted by Crippen LogP contribution is 2.23. The van der Waals surface area contributed by atoms with Gasteiger partial charge in [-0.15, -0.1) is 0 Å². The first-order chi connectivity index (χ1) is 13.3. The van der Waals surface area contributed by atoms with Gasteiger partial charge in [0.25, 0.3) is 11.5 Å². The molecule has 0 fully saturated rings. The predicted molar refractivity (Wildman–Crippen MR) is 108 cm³/mol. The Bertz CT molecular complexity index is 1160. The van der Waals surface area contributed by atoms with Gasteiger partial charge in [-0.25, -0.2) is 4.79 Å². The van der Waals surface area contributed by atoms with Gasteiger partial charge in [0.1, 0.15) is 6.20 Å². The summed E-state index contributed by atoms with van der Waals surface area (Å²) >= 11 is 18.0. The zero-order chi connectivity index (χ0) is 20.3. The molecule has 10 heteroatoms. The molecule has 0 unspecified atom stereocenters. The number of nitrogens with zero attached hydrogens (tertiary/aromatic N) is 2. The quantitative estimate of drug-likeness (QED) is 0.639. The SMILES string of the molecule is O=C(NCCc1ccc(Cl)c(Cl)c1)c1cc(-n2ncc(=O)[nH]c2=O)ccc1Cl. The van der Waals surface area contributed by atoms with Crippen LogP contribution in [-0.4, -0.2) is 27.2 Å². The normalized spacial score (nSPS) is 10.7. The summed E-state index contributed by atoms with van der Waals surface area (Å²) in [4.78, 5) is 37.6. The number of hydrogen-bond donors (Lipinski definition) is 2. The molecular formula is C18H13Cl3N4O3. The summed E-state index contributed by atoms with van der Waals surface area (Å²) in [6.45, 7) is 0.341. The third kappa shape index (κ3) is 4.62. The number of benzene rings is 2. The van der Waals surface area contributed by atoms with Crippen molar-refractivity contribution in [1.29, 1.82) is 0 Å². The number of rotatable bonds is 5. The van der Waals surface area contributed by atoms with Crippen LogP contribution in [0.1, 0.15) is 15.9 Å². The number of carbonyl (C=O) groups excluding carboxylic acids is 1. The fraction of sp³-hybridized carbons (Fsp3) is 0.111. The van der Waals surface area contributed by atoms with Gasteiger partial charge >= 0.3 is 5.69 Å². The molecule has 7 nitrogen and oxygen atoms in total. The molecule has 0 saturated heterocycles. The number of nitrogens with one attached hydrogen (secondary N) is 2. The lowest BCUT2D eigenvalue weighted by Crippen LogP contribution is -2.31. The fourth-order valence-electron chi connectivity index (χ4n) is 2.47. The molecule has 2 N–H and O–H groups in total. The zero-order valence-corrected chi connectivity index (χ0v) is 16.5. The van der Waals surface area contributed by atoms with Gasteiger partial charge in [-0.3, -0.25) is 14.6 Å². The van der Waals surface area contributed by atoms with Gasteiger partial charge < -0.3 is 5.32 Å². The Morgan fingerprint density at radius 2 is 1.79 bits per heavy atom. The standard InChI is InChI=1S/C18H13Cl3N4O3/c19-13-4-2-11(25-18(28)24-16(26)9-23-25)8-12(13)17(27)22-6-5-10-1-3-14(20)15(21)7-10/h1-4,7-9H,5-6H2,(H,22,27)(H,24,26,28). The highest BCUT2D eigenvalue weighted by atomic mass is 35.5. The summed E-state index contributed by atoms with van der Waals surface area (Å²) in [5.41, 5.74) is 0.0447. The molecule has 0 saturated carbocycles. The van der Waals surface area contributed by atoms with Crippen molar-refractivity contribution in [2.45, 2.75) is 6.42 Å². The Balaban J connectivity index is 1.75. The van der Waals surface area contributed by atoms with E-state index >= 15 is 0 Å². The van der Waals surface area contributed by atoms with E-state index < -0.39 is 17.2 Å². The van der Waals surface area contributed by atoms with Gasteiger partial charge in [-0.1, -0.05) is 40.9 Å². The van der Waals surface area contributed by atoms with Crippen molar-refractivity contribution in [3.63, 3.8) is 0 Å². The number of carbonyl (C=O) groups is 1. The van der Waals surface area contributed by atoms with Crippen LogP contribution in [0.4, 0.5) is 0 Å². The largest absolute Gasteiger partial charge is 0.352 e. The maximum absolute atomic E-state index is 12.5. The van der Waals surface area contributed by atoms with Crippen LogP contribution < -0.4 is 16.6 Å². The Kier molecular flexibility index (Phi) is 6.18. The highest BCUT2D eigenvalue weighted by Gasteiger charge is 2.13. The Labute approximate surface area is 173 Å². The molecule has 0 radical (unpaired) electrons. The van der Waals surface area contributed by atoms with Crippen molar-refractivity contribution in [3.05, 3.63) is 89.6 Å². The minimum atomic E-state index is -0.721. The molecule has 0 bridgehead atoms. The Hall–Kier alpha value is -2.61. The molecule has 1 heterocycles. The lowest BCUT2D eigenvalue weighted by Gasteiger charge is -2.10. The maximum atomic E-state index is 12.5. The van der Waals surface area contributed by atoms with Crippen molar-refractivity contribution < 1.29 is 4.79 Å². The second-order valence-electron chi connectivity index (χ2n) is 5.77. The number of aromatic nitrogens is 3. The fourth-order valence-corrected chi connectivity index (χ4v) is 2.99. The third-order valence-electron chi connectivity index (χ3n) is 3.84. The predicted octanol–water partition coefficient (Wildman–Crippen LogP) is 2.85. The molecule has 3 aromatic rings. The van der Waals surface area contributed by atoms with E-state index in [9.17, 15) is 14.4 Å². The van der Waals surface area contributed by atoms with Crippen molar-refractivity contribution in [2.24, 2.45) is 0 Å². The highest BCUT2D eigenvalue weighted by molar-refractivity contribution is 6.42. The molecule has 3 rings (SSSR count). The van der Waals surface area contributed by atoms with Crippen LogP contribution in [0.25, 0.3) is 5.69 Å².